The molecule has 0 atom stereocenters. The molecule has 0 spiro atoms. The summed E-state index contributed by atoms with van der Waals surface area (Å²) >= 11 is 8.43. The second-order valence-corrected chi connectivity index (χ2v) is 7.86. The minimum Gasteiger partial charge on any atom is -0.494 e. The SMILES string of the molecule is CCOc1ccc(N2C(=O)/C(=C\c3ccc(Cn4cc(Br)c([N+](=O)[O-])n4)o3)NC2=S)cc1. The topological polar surface area (TPSA) is 116 Å². The lowest BCUT2D eigenvalue weighted by Crippen LogP contribution is -2.30. The van der Waals surface area contributed by atoms with E-state index < -0.39 is 4.92 Å². The number of rotatable bonds is 7. The molecule has 1 aromatic carbocycles. The largest absolute Gasteiger partial charge is 0.494 e. The number of amides is 1. The highest BCUT2D eigenvalue weighted by atomic mass is 79.9. The van der Waals surface area contributed by atoms with E-state index in [0.717, 1.165) is 0 Å². The first-order valence-electron chi connectivity index (χ1n) is 9.41. The molecule has 1 aliphatic rings. The van der Waals surface area contributed by atoms with Gasteiger partial charge in [0.15, 0.2) is 5.11 Å². The molecule has 3 aromatic rings. The summed E-state index contributed by atoms with van der Waals surface area (Å²) in [5.41, 5.74) is 0.882. The number of thiocarbonyl (C=S) groups is 1. The van der Waals surface area contributed by atoms with E-state index in [1.54, 1.807) is 42.5 Å². The van der Waals surface area contributed by atoms with Crippen LogP contribution in [0, 0.1) is 10.1 Å². The molecule has 0 radical (unpaired) electrons. The molecule has 1 saturated heterocycles. The van der Waals surface area contributed by atoms with E-state index in [1.807, 2.05) is 6.92 Å². The zero-order chi connectivity index (χ0) is 22.8. The third-order valence-corrected chi connectivity index (χ3v) is 5.29. The van der Waals surface area contributed by atoms with Crippen LogP contribution in [0.25, 0.3) is 6.08 Å². The van der Waals surface area contributed by atoms with Crippen molar-refractivity contribution in [2.24, 2.45) is 0 Å². The summed E-state index contributed by atoms with van der Waals surface area (Å²) in [5, 5.41) is 18.0. The van der Waals surface area contributed by atoms with Crippen molar-refractivity contribution in [3.8, 4) is 5.75 Å². The molecule has 32 heavy (non-hydrogen) atoms. The monoisotopic (exact) mass is 517 g/mol. The van der Waals surface area contributed by atoms with Gasteiger partial charge in [-0.2, -0.15) is 4.68 Å². The number of aromatic nitrogens is 2. The van der Waals surface area contributed by atoms with E-state index >= 15 is 0 Å². The Balaban J connectivity index is 1.49. The van der Waals surface area contributed by atoms with Gasteiger partial charge in [0.1, 0.15) is 34.0 Å². The molecule has 12 heteroatoms. The molecule has 1 fully saturated rings. The summed E-state index contributed by atoms with van der Waals surface area (Å²) < 4.78 is 12.8. The Hall–Kier alpha value is -3.51. The number of nitrogens with one attached hydrogen (secondary N) is 1. The summed E-state index contributed by atoms with van der Waals surface area (Å²) in [6, 6.07) is 10.4. The standard InChI is InChI=1S/C20H16BrN5O5S/c1-2-30-13-5-3-12(4-6-13)25-19(27)17(22-20(25)32)9-14-7-8-15(31-14)10-24-11-16(21)18(23-24)26(28)29/h3-9,11H,2,10H2,1H3,(H,22,32)/b17-9+. The Kier molecular flexibility index (Phi) is 6.06. The molecule has 1 N–H and O–H groups in total. The quantitative estimate of drug-likeness (QED) is 0.217. The lowest BCUT2D eigenvalue weighted by atomic mass is 10.2. The molecule has 4 rings (SSSR count). The first kappa shape index (κ1) is 21.7. The van der Waals surface area contributed by atoms with Gasteiger partial charge in [0.05, 0.1) is 23.6 Å². The Bertz CT molecular complexity index is 1230. The van der Waals surface area contributed by atoms with E-state index in [1.165, 1.54) is 15.8 Å². The lowest BCUT2D eigenvalue weighted by Gasteiger charge is -2.14. The van der Waals surface area contributed by atoms with Gasteiger partial charge >= 0.3 is 5.82 Å². The maximum Gasteiger partial charge on any atom is 0.404 e. The molecule has 10 nitrogen and oxygen atoms in total. The van der Waals surface area contributed by atoms with Crippen molar-refractivity contribution in [1.82, 2.24) is 15.1 Å². The highest BCUT2D eigenvalue weighted by Crippen LogP contribution is 2.26. The van der Waals surface area contributed by atoms with Crippen molar-refractivity contribution >= 4 is 56.7 Å². The number of benzene rings is 1. The van der Waals surface area contributed by atoms with Crippen LogP contribution in [0.15, 0.2) is 57.2 Å². The lowest BCUT2D eigenvalue weighted by molar-refractivity contribution is -0.390. The zero-order valence-electron chi connectivity index (χ0n) is 16.6. The van der Waals surface area contributed by atoms with E-state index in [4.69, 9.17) is 21.4 Å². The highest BCUT2D eigenvalue weighted by molar-refractivity contribution is 9.10. The van der Waals surface area contributed by atoms with Crippen LogP contribution in [0.5, 0.6) is 5.75 Å². The minimum absolute atomic E-state index is 0.188. The van der Waals surface area contributed by atoms with Crippen molar-refractivity contribution < 1.29 is 18.9 Å². The number of furan rings is 1. The van der Waals surface area contributed by atoms with Crippen LogP contribution in [0.4, 0.5) is 11.5 Å². The number of hydrogen-bond acceptors (Lipinski definition) is 7. The Labute approximate surface area is 195 Å². The van der Waals surface area contributed by atoms with Crippen molar-refractivity contribution in [2.45, 2.75) is 13.5 Å². The van der Waals surface area contributed by atoms with Gasteiger partial charge in [0.2, 0.25) is 0 Å². The average molecular weight is 518 g/mol. The fourth-order valence-electron chi connectivity index (χ4n) is 3.08. The smallest absolute Gasteiger partial charge is 0.404 e. The number of carbonyl (C=O) groups is 1. The fourth-order valence-corrected chi connectivity index (χ4v) is 3.84. The number of nitro groups is 1. The van der Waals surface area contributed by atoms with Crippen LogP contribution in [0.2, 0.25) is 0 Å². The summed E-state index contributed by atoms with van der Waals surface area (Å²) in [6.45, 7) is 2.63. The normalized spacial score (nSPS) is 14.8. The molecular weight excluding hydrogens is 502 g/mol. The predicted molar refractivity (Wildman–Crippen MR) is 123 cm³/mol. The number of carbonyl (C=O) groups excluding carboxylic acids is 1. The van der Waals surface area contributed by atoms with Gasteiger partial charge in [0, 0.05) is 6.08 Å². The van der Waals surface area contributed by atoms with Gasteiger partial charge in [-0.05, 0) is 76.4 Å². The molecular formula is C20H16BrN5O5S. The van der Waals surface area contributed by atoms with Gasteiger partial charge in [0.25, 0.3) is 5.91 Å². The Morgan fingerprint density at radius 1 is 1.31 bits per heavy atom. The molecule has 0 bridgehead atoms. The van der Waals surface area contributed by atoms with Crippen LogP contribution in [0.1, 0.15) is 18.4 Å². The van der Waals surface area contributed by atoms with Crippen molar-refractivity contribution in [1.29, 1.82) is 0 Å². The number of ether oxygens (including phenoxy) is 1. The van der Waals surface area contributed by atoms with Gasteiger partial charge in [-0.15, -0.1) is 0 Å². The zero-order valence-corrected chi connectivity index (χ0v) is 19.1. The van der Waals surface area contributed by atoms with E-state index in [0.29, 0.717) is 29.6 Å². The van der Waals surface area contributed by atoms with Crippen LogP contribution in [0.3, 0.4) is 0 Å². The molecule has 2 aromatic heterocycles. The third-order valence-electron chi connectivity index (χ3n) is 4.44. The number of nitrogens with zero attached hydrogens (tertiary/aromatic N) is 4. The second kappa shape index (κ2) is 8.93. The maximum atomic E-state index is 12.9. The van der Waals surface area contributed by atoms with Crippen molar-refractivity contribution in [3.63, 3.8) is 0 Å². The Morgan fingerprint density at radius 2 is 2.06 bits per heavy atom. The maximum absolute atomic E-state index is 12.9. The molecule has 1 aliphatic heterocycles. The molecule has 3 heterocycles. The number of anilines is 1. The molecule has 164 valence electrons. The van der Waals surface area contributed by atoms with Crippen LogP contribution in [-0.4, -0.2) is 32.3 Å². The number of hydrogen-bond donors (Lipinski definition) is 1. The highest BCUT2D eigenvalue weighted by Gasteiger charge is 2.32. The molecule has 0 aliphatic carbocycles. The van der Waals surface area contributed by atoms with E-state index in [2.05, 4.69) is 26.3 Å². The molecule has 0 unspecified atom stereocenters. The summed E-state index contributed by atoms with van der Waals surface area (Å²) in [4.78, 5) is 24.6. The number of halogens is 1. The minimum atomic E-state index is -0.574. The van der Waals surface area contributed by atoms with Gasteiger partial charge < -0.3 is 24.6 Å². The first-order chi connectivity index (χ1) is 15.4. The average Bonchev–Trinajstić information content (AvgIpc) is 3.42. The first-order valence-corrected chi connectivity index (χ1v) is 10.6. The summed E-state index contributed by atoms with van der Waals surface area (Å²) in [7, 11) is 0. The van der Waals surface area contributed by atoms with Crippen LogP contribution in [-0.2, 0) is 11.3 Å². The summed E-state index contributed by atoms with van der Waals surface area (Å²) in [5.74, 6) is 1.05. The Morgan fingerprint density at radius 3 is 2.72 bits per heavy atom. The van der Waals surface area contributed by atoms with Crippen LogP contribution < -0.4 is 15.0 Å². The van der Waals surface area contributed by atoms with E-state index in [-0.39, 0.29) is 33.6 Å². The predicted octanol–water partition coefficient (Wildman–Crippen LogP) is 3.86. The van der Waals surface area contributed by atoms with Gasteiger partial charge in [-0.3, -0.25) is 9.69 Å². The second-order valence-electron chi connectivity index (χ2n) is 6.62. The van der Waals surface area contributed by atoms with Crippen molar-refractivity contribution in [2.75, 3.05) is 11.5 Å². The van der Waals surface area contributed by atoms with Gasteiger partial charge in [-0.1, -0.05) is 0 Å². The van der Waals surface area contributed by atoms with Crippen molar-refractivity contribution in [3.05, 3.63) is 74.4 Å². The van der Waals surface area contributed by atoms with E-state index in [9.17, 15) is 14.9 Å². The molecule has 0 saturated carbocycles. The fraction of sp³-hybridized carbons (Fsp3) is 0.150. The van der Waals surface area contributed by atoms with Gasteiger partial charge in [-0.25, -0.2) is 0 Å². The van der Waals surface area contributed by atoms with Crippen LogP contribution >= 0.6 is 28.1 Å². The third kappa shape index (κ3) is 4.41. The summed E-state index contributed by atoms with van der Waals surface area (Å²) in [6.07, 6.45) is 3.04. The molecule has 1 amide bonds.